The average molecular weight is 209 g/mol. The van der Waals surface area contributed by atoms with E-state index in [-0.39, 0.29) is 18.8 Å². The van der Waals surface area contributed by atoms with Crippen LogP contribution in [-0.2, 0) is 6.42 Å². The molecule has 0 aromatic heterocycles. The number of benzene rings is 1. The molecule has 3 nitrogen and oxygen atoms in total. The van der Waals surface area contributed by atoms with E-state index in [1.807, 2.05) is 31.2 Å². The van der Waals surface area contributed by atoms with E-state index >= 15 is 0 Å². The van der Waals surface area contributed by atoms with Crippen LogP contribution in [0, 0.1) is 0 Å². The lowest BCUT2D eigenvalue weighted by atomic mass is 10.1. The van der Waals surface area contributed by atoms with Crippen LogP contribution < -0.4 is 10.5 Å². The third-order valence-electron chi connectivity index (χ3n) is 2.39. The Morgan fingerprint density at radius 2 is 1.93 bits per heavy atom. The minimum atomic E-state index is -0.336. The molecule has 84 valence electrons. The van der Waals surface area contributed by atoms with Gasteiger partial charge in [0.1, 0.15) is 11.9 Å². The highest BCUT2D eigenvalue weighted by Gasteiger charge is 2.13. The first-order valence-electron chi connectivity index (χ1n) is 5.29. The van der Waals surface area contributed by atoms with Gasteiger partial charge in [-0.25, -0.2) is 0 Å². The van der Waals surface area contributed by atoms with Gasteiger partial charge in [-0.3, -0.25) is 0 Å². The predicted molar refractivity (Wildman–Crippen MR) is 61.0 cm³/mol. The molecule has 0 fully saturated rings. The van der Waals surface area contributed by atoms with Crippen molar-refractivity contribution in [3.05, 3.63) is 29.8 Å². The average Bonchev–Trinajstić information content (AvgIpc) is 2.26. The summed E-state index contributed by atoms with van der Waals surface area (Å²) in [5.41, 5.74) is 6.93. The molecule has 0 aliphatic carbocycles. The van der Waals surface area contributed by atoms with Crippen LogP contribution >= 0.6 is 0 Å². The van der Waals surface area contributed by atoms with E-state index in [1.165, 1.54) is 5.56 Å². The Bertz CT molecular complexity index is 282. The van der Waals surface area contributed by atoms with Crippen molar-refractivity contribution in [2.24, 2.45) is 5.73 Å². The Hall–Kier alpha value is -1.06. The van der Waals surface area contributed by atoms with E-state index in [9.17, 15) is 0 Å². The zero-order valence-corrected chi connectivity index (χ0v) is 9.31. The summed E-state index contributed by atoms with van der Waals surface area (Å²) in [6.45, 7) is 3.86. The van der Waals surface area contributed by atoms with Gasteiger partial charge in [0.25, 0.3) is 0 Å². The molecule has 1 aromatic rings. The summed E-state index contributed by atoms with van der Waals surface area (Å²) in [4.78, 5) is 0. The summed E-state index contributed by atoms with van der Waals surface area (Å²) in [6, 6.07) is 7.67. The fraction of sp³-hybridized carbons (Fsp3) is 0.500. The molecular weight excluding hydrogens is 190 g/mol. The first-order valence-corrected chi connectivity index (χ1v) is 5.29. The van der Waals surface area contributed by atoms with Crippen molar-refractivity contribution in [2.75, 3.05) is 6.61 Å². The summed E-state index contributed by atoms with van der Waals surface area (Å²) in [5, 5.41) is 9.05. The number of rotatable bonds is 5. The van der Waals surface area contributed by atoms with Crippen LogP contribution in [-0.4, -0.2) is 23.9 Å². The Balaban J connectivity index is 2.63. The number of aliphatic hydroxyl groups excluding tert-OH is 1. The third kappa shape index (κ3) is 3.53. The summed E-state index contributed by atoms with van der Waals surface area (Å²) >= 11 is 0. The van der Waals surface area contributed by atoms with Gasteiger partial charge in [0, 0.05) is 6.04 Å². The lowest BCUT2D eigenvalue weighted by Crippen LogP contribution is -2.39. The molecule has 2 unspecified atom stereocenters. The molecule has 0 spiro atoms. The van der Waals surface area contributed by atoms with Gasteiger partial charge in [-0.15, -0.1) is 0 Å². The van der Waals surface area contributed by atoms with Crippen molar-refractivity contribution in [1.29, 1.82) is 0 Å². The molecule has 2 atom stereocenters. The van der Waals surface area contributed by atoms with Gasteiger partial charge < -0.3 is 15.6 Å². The second-order valence-electron chi connectivity index (χ2n) is 3.70. The highest BCUT2D eigenvalue weighted by atomic mass is 16.5. The van der Waals surface area contributed by atoms with E-state index < -0.39 is 0 Å². The molecule has 0 aliphatic rings. The Morgan fingerprint density at radius 3 is 2.33 bits per heavy atom. The fourth-order valence-electron chi connectivity index (χ4n) is 1.29. The molecule has 0 amide bonds. The lowest BCUT2D eigenvalue weighted by molar-refractivity contribution is 0.0991. The van der Waals surface area contributed by atoms with E-state index in [2.05, 4.69) is 6.92 Å². The van der Waals surface area contributed by atoms with Crippen molar-refractivity contribution < 1.29 is 9.84 Å². The maximum atomic E-state index is 9.05. The maximum absolute atomic E-state index is 9.05. The zero-order chi connectivity index (χ0) is 11.3. The van der Waals surface area contributed by atoms with Crippen molar-refractivity contribution >= 4 is 0 Å². The molecule has 0 bridgehead atoms. The van der Waals surface area contributed by atoms with Crippen LogP contribution in [0.5, 0.6) is 5.75 Å². The first-order chi connectivity index (χ1) is 7.17. The van der Waals surface area contributed by atoms with E-state index in [0.29, 0.717) is 0 Å². The van der Waals surface area contributed by atoms with Gasteiger partial charge in [0.15, 0.2) is 0 Å². The van der Waals surface area contributed by atoms with Gasteiger partial charge >= 0.3 is 0 Å². The fourth-order valence-corrected chi connectivity index (χ4v) is 1.29. The standard InChI is InChI=1S/C12H19NO2/c1-3-10-4-6-11(7-5-10)15-12(8-14)9(2)13/h4-7,9,12,14H,3,8,13H2,1-2H3. The number of nitrogens with two attached hydrogens (primary N) is 1. The summed E-state index contributed by atoms with van der Waals surface area (Å²) in [5.74, 6) is 0.753. The number of hydrogen-bond donors (Lipinski definition) is 2. The van der Waals surface area contributed by atoms with Crippen LogP contribution in [0.25, 0.3) is 0 Å². The second kappa shape index (κ2) is 5.73. The van der Waals surface area contributed by atoms with Crippen LogP contribution in [0.1, 0.15) is 19.4 Å². The Morgan fingerprint density at radius 1 is 1.33 bits per heavy atom. The highest BCUT2D eigenvalue weighted by molar-refractivity contribution is 5.27. The smallest absolute Gasteiger partial charge is 0.136 e. The van der Waals surface area contributed by atoms with Crippen molar-refractivity contribution in [1.82, 2.24) is 0 Å². The molecule has 0 heterocycles. The van der Waals surface area contributed by atoms with Crippen molar-refractivity contribution in [3.8, 4) is 5.75 Å². The lowest BCUT2D eigenvalue weighted by Gasteiger charge is -2.20. The molecule has 15 heavy (non-hydrogen) atoms. The molecule has 0 saturated heterocycles. The molecule has 0 saturated carbocycles. The van der Waals surface area contributed by atoms with Gasteiger partial charge in [-0.2, -0.15) is 0 Å². The Labute approximate surface area is 90.9 Å². The van der Waals surface area contributed by atoms with Gasteiger partial charge in [-0.1, -0.05) is 19.1 Å². The number of aliphatic hydroxyl groups is 1. The number of ether oxygens (including phenoxy) is 1. The molecular formula is C12H19NO2. The van der Waals surface area contributed by atoms with Crippen LogP contribution in [0.3, 0.4) is 0 Å². The summed E-state index contributed by atoms with van der Waals surface area (Å²) < 4.78 is 5.55. The van der Waals surface area contributed by atoms with Gasteiger partial charge in [-0.05, 0) is 31.0 Å². The quantitative estimate of drug-likeness (QED) is 0.769. The third-order valence-corrected chi connectivity index (χ3v) is 2.39. The van der Waals surface area contributed by atoms with E-state index in [4.69, 9.17) is 15.6 Å². The van der Waals surface area contributed by atoms with Crippen LogP contribution in [0.4, 0.5) is 0 Å². The van der Waals surface area contributed by atoms with Gasteiger partial charge in [0.2, 0.25) is 0 Å². The van der Waals surface area contributed by atoms with Crippen molar-refractivity contribution in [3.63, 3.8) is 0 Å². The van der Waals surface area contributed by atoms with E-state index in [0.717, 1.165) is 12.2 Å². The summed E-state index contributed by atoms with van der Waals surface area (Å²) in [7, 11) is 0. The molecule has 0 radical (unpaired) electrons. The number of aryl methyl sites for hydroxylation is 1. The molecule has 3 heteroatoms. The zero-order valence-electron chi connectivity index (χ0n) is 9.31. The van der Waals surface area contributed by atoms with Crippen molar-refractivity contribution in [2.45, 2.75) is 32.4 Å². The maximum Gasteiger partial charge on any atom is 0.136 e. The summed E-state index contributed by atoms with van der Waals surface area (Å²) in [6.07, 6.45) is 0.675. The van der Waals surface area contributed by atoms with Crippen LogP contribution in [0.15, 0.2) is 24.3 Å². The normalized spacial score (nSPS) is 14.7. The monoisotopic (exact) mass is 209 g/mol. The Kier molecular flexibility index (Phi) is 4.59. The largest absolute Gasteiger partial charge is 0.486 e. The molecule has 1 rings (SSSR count). The molecule has 1 aromatic carbocycles. The highest BCUT2D eigenvalue weighted by Crippen LogP contribution is 2.14. The predicted octanol–water partition coefficient (Wildman–Crippen LogP) is 1.34. The molecule has 3 N–H and O–H groups in total. The SMILES string of the molecule is CCc1ccc(OC(CO)C(C)N)cc1. The second-order valence-corrected chi connectivity index (χ2v) is 3.70. The topological polar surface area (TPSA) is 55.5 Å². The minimum Gasteiger partial charge on any atom is -0.486 e. The first kappa shape index (κ1) is 12.0. The minimum absolute atomic E-state index is 0.0623. The molecule has 0 aliphatic heterocycles. The van der Waals surface area contributed by atoms with E-state index in [1.54, 1.807) is 0 Å². The van der Waals surface area contributed by atoms with Crippen LogP contribution in [0.2, 0.25) is 0 Å². The van der Waals surface area contributed by atoms with Gasteiger partial charge in [0.05, 0.1) is 6.61 Å². The number of hydrogen-bond acceptors (Lipinski definition) is 3.